The molecule has 0 radical (unpaired) electrons. The maximum atomic E-state index is 14.4. The van der Waals surface area contributed by atoms with Crippen molar-refractivity contribution in [3.8, 4) is 0 Å². The van der Waals surface area contributed by atoms with E-state index in [-0.39, 0.29) is 17.5 Å². The lowest BCUT2D eigenvalue weighted by Crippen LogP contribution is -2.28. The summed E-state index contributed by atoms with van der Waals surface area (Å²) in [7, 11) is -2.14. The lowest BCUT2D eigenvalue weighted by molar-refractivity contribution is 0.542. The fourth-order valence-electron chi connectivity index (χ4n) is 2.48. The van der Waals surface area contributed by atoms with Gasteiger partial charge in [0.2, 0.25) is 10.0 Å². The summed E-state index contributed by atoms with van der Waals surface area (Å²) in [5.74, 6) is -0.301. The molecule has 0 aromatic heterocycles. The van der Waals surface area contributed by atoms with Crippen LogP contribution in [-0.2, 0) is 16.6 Å². The standard InChI is InChI=1S/C14H20BrFN2O2S/c1-3-4-9-6-12(9)18-21(19,20)13-7-11(15)5-10(8-17-2)14(13)16/h5,7,9,12,17-18H,3-4,6,8H2,1-2H3. The van der Waals surface area contributed by atoms with Crippen LogP contribution in [0.1, 0.15) is 31.7 Å². The minimum absolute atomic E-state index is 0.0546. The van der Waals surface area contributed by atoms with Gasteiger partial charge in [0, 0.05) is 22.6 Å². The predicted octanol–water partition coefficient (Wildman–Crippen LogP) is 2.77. The summed E-state index contributed by atoms with van der Waals surface area (Å²) in [6, 6.07) is 2.84. The number of halogens is 2. The summed E-state index contributed by atoms with van der Waals surface area (Å²) in [4.78, 5) is -0.288. The highest BCUT2D eigenvalue weighted by Crippen LogP contribution is 2.36. The van der Waals surface area contributed by atoms with Crippen molar-refractivity contribution in [3.63, 3.8) is 0 Å². The molecular formula is C14H20BrFN2O2S. The molecule has 0 aliphatic heterocycles. The smallest absolute Gasteiger partial charge is 0.243 e. The summed E-state index contributed by atoms with van der Waals surface area (Å²) in [5.41, 5.74) is 0.327. The molecule has 1 aromatic carbocycles. The van der Waals surface area contributed by atoms with Crippen LogP contribution in [0.5, 0.6) is 0 Å². The number of benzene rings is 1. The molecule has 0 amide bonds. The van der Waals surface area contributed by atoms with Gasteiger partial charge in [-0.05, 0) is 37.9 Å². The highest BCUT2D eigenvalue weighted by molar-refractivity contribution is 9.10. The predicted molar refractivity (Wildman–Crippen MR) is 84.0 cm³/mol. The Morgan fingerprint density at radius 3 is 2.76 bits per heavy atom. The third-order valence-corrected chi connectivity index (χ3v) is 5.57. The fourth-order valence-corrected chi connectivity index (χ4v) is 4.60. The van der Waals surface area contributed by atoms with Gasteiger partial charge in [0.05, 0.1) is 0 Å². The lowest BCUT2D eigenvalue weighted by Gasteiger charge is -2.11. The number of hydrogen-bond acceptors (Lipinski definition) is 3. The minimum atomic E-state index is -3.83. The largest absolute Gasteiger partial charge is 0.316 e. The van der Waals surface area contributed by atoms with Crippen molar-refractivity contribution in [2.75, 3.05) is 7.05 Å². The van der Waals surface area contributed by atoms with E-state index in [1.807, 2.05) is 0 Å². The van der Waals surface area contributed by atoms with Gasteiger partial charge in [0.1, 0.15) is 10.7 Å². The summed E-state index contributed by atoms with van der Waals surface area (Å²) in [5, 5.41) is 2.83. The molecule has 1 fully saturated rings. The Hall–Kier alpha value is -0.500. The first-order valence-corrected chi connectivity index (χ1v) is 9.31. The highest BCUT2D eigenvalue weighted by atomic mass is 79.9. The minimum Gasteiger partial charge on any atom is -0.316 e. The van der Waals surface area contributed by atoms with E-state index in [1.54, 1.807) is 13.1 Å². The molecule has 1 aliphatic carbocycles. The molecule has 0 saturated heterocycles. The van der Waals surface area contributed by atoms with Crippen LogP contribution in [0, 0.1) is 11.7 Å². The van der Waals surface area contributed by atoms with Crippen LogP contribution in [0.3, 0.4) is 0 Å². The molecule has 4 nitrogen and oxygen atoms in total. The Balaban J connectivity index is 2.24. The van der Waals surface area contributed by atoms with E-state index in [0.29, 0.717) is 16.0 Å². The molecule has 2 unspecified atom stereocenters. The van der Waals surface area contributed by atoms with Gasteiger partial charge in [-0.25, -0.2) is 17.5 Å². The summed E-state index contributed by atoms with van der Waals surface area (Å²) >= 11 is 3.24. The van der Waals surface area contributed by atoms with Crippen molar-refractivity contribution in [1.82, 2.24) is 10.0 Å². The first kappa shape index (κ1) is 16.9. The average molecular weight is 379 g/mol. The molecule has 2 atom stereocenters. The van der Waals surface area contributed by atoms with Crippen molar-refractivity contribution >= 4 is 26.0 Å². The highest BCUT2D eigenvalue weighted by Gasteiger charge is 2.40. The second-order valence-electron chi connectivity index (χ2n) is 5.42. The van der Waals surface area contributed by atoms with E-state index >= 15 is 0 Å². The molecule has 2 rings (SSSR count). The van der Waals surface area contributed by atoms with Crippen LogP contribution >= 0.6 is 15.9 Å². The van der Waals surface area contributed by atoms with Crippen LogP contribution in [0.2, 0.25) is 0 Å². The van der Waals surface area contributed by atoms with E-state index in [2.05, 4.69) is 32.9 Å². The Kier molecular flexibility index (Phi) is 5.40. The fraction of sp³-hybridized carbons (Fsp3) is 0.571. The van der Waals surface area contributed by atoms with E-state index in [0.717, 1.165) is 19.3 Å². The van der Waals surface area contributed by atoms with E-state index in [9.17, 15) is 12.8 Å². The Morgan fingerprint density at radius 2 is 2.14 bits per heavy atom. The Morgan fingerprint density at radius 1 is 1.43 bits per heavy atom. The van der Waals surface area contributed by atoms with Crippen molar-refractivity contribution in [1.29, 1.82) is 0 Å². The van der Waals surface area contributed by atoms with Gasteiger partial charge in [-0.15, -0.1) is 0 Å². The van der Waals surface area contributed by atoms with E-state index in [4.69, 9.17) is 0 Å². The van der Waals surface area contributed by atoms with Crippen LogP contribution in [0.25, 0.3) is 0 Å². The molecule has 0 bridgehead atoms. The molecule has 118 valence electrons. The first-order chi connectivity index (χ1) is 9.89. The lowest BCUT2D eigenvalue weighted by atomic mass is 10.2. The summed E-state index contributed by atoms with van der Waals surface area (Å²) in [6.07, 6.45) is 2.87. The maximum absolute atomic E-state index is 14.4. The molecule has 7 heteroatoms. The maximum Gasteiger partial charge on any atom is 0.243 e. The third kappa shape index (κ3) is 4.03. The number of hydrogen-bond donors (Lipinski definition) is 2. The van der Waals surface area contributed by atoms with Crippen LogP contribution < -0.4 is 10.0 Å². The van der Waals surface area contributed by atoms with Crippen molar-refractivity contribution in [2.24, 2.45) is 5.92 Å². The first-order valence-electron chi connectivity index (χ1n) is 7.04. The van der Waals surface area contributed by atoms with Crippen LogP contribution in [0.15, 0.2) is 21.5 Å². The zero-order valence-corrected chi connectivity index (χ0v) is 14.5. The van der Waals surface area contributed by atoms with Crippen molar-refractivity contribution in [2.45, 2.75) is 43.7 Å². The summed E-state index contributed by atoms with van der Waals surface area (Å²) in [6.45, 7) is 2.34. The van der Waals surface area contributed by atoms with Gasteiger partial charge >= 0.3 is 0 Å². The number of nitrogens with one attached hydrogen (secondary N) is 2. The zero-order chi connectivity index (χ0) is 15.6. The van der Waals surface area contributed by atoms with Gasteiger partial charge in [-0.1, -0.05) is 29.3 Å². The van der Waals surface area contributed by atoms with Gasteiger partial charge in [-0.3, -0.25) is 0 Å². The Labute approximate surface area is 133 Å². The number of rotatable bonds is 7. The molecule has 1 saturated carbocycles. The molecule has 21 heavy (non-hydrogen) atoms. The van der Waals surface area contributed by atoms with Crippen LogP contribution in [0.4, 0.5) is 4.39 Å². The molecule has 0 heterocycles. The zero-order valence-electron chi connectivity index (χ0n) is 12.1. The quantitative estimate of drug-likeness (QED) is 0.766. The van der Waals surface area contributed by atoms with Crippen LogP contribution in [-0.4, -0.2) is 21.5 Å². The molecule has 1 aromatic rings. The molecular weight excluding hydrogens is 359 g/mol. The van der Waals surface area contributed by atoms with Gasteiger partial charge < -0.3 is 5.32 Å². The topological polar surface area (TPSA) is 58.2 Å². The van der Waals surface area contributed by atoms with Gasteiger partial charge in [0.15, 0.2) is 0 Å². The molecule has 1 aliphatic rings. The van der Waals surface area contributed by atoms with Crippen molar-refractivity contribution in [3.05, 3.63) is 28.0 Å². The van der Waals surface area contributed by atoms with E-state index < -0.39 is 15.8 Å². The monoisotopic (exact) mass is 378 g/mol. The number of sulfonamides is 1. The normalized spacial score (nSPS) is 21.5. The second kappa shape index (κ2) is 6.73. The Bertz CT molecular complexity index is 622. The van der Waals surface area contributed by atoms with Gasteiger partial charge in [-0.2, -0.15) is 0 Å². The molecule has 2 N–H and O–H groups in total. The average Bonchev–Trinajstić information content (AvgIpc) is 3.11. The summed E-state index contributed by atoms with van der Waals surface area (Å²) < 4.78 is 42.3. The van der Waals surface area contributed by atoms with Crippen molar-refractivity contribution < 1.29 is 12.8 Å². The SMILES string of the molecule is CCCC1CC1NS(=O)(=O)c1cc(Br)cc(CNC)c1F. The second-order valence-corrected chi connectivity index (χ2v) is 8.02. The third-order valence-electron chi connectivity index (χ3n) is 3.62. The van der Waals surface area contributed by atoms with Gasteiger partial charge in [0.25, 0.3) is 0 Å². The van der Waals surface area contributed by atoms with E-state index in [1.165, 1.54) is 6.07 Å². The molecule has 0 spiro atoms.